The van der Waals surface area contributed by atoms with Crippen LogP contribution in [0.2, 0.25) is 0 Å². The van der Waals surface area contributed by atoms with E-state index in [-0.39, 0.29) is 29.2 Å². The Morgan fingerprint density at radius 3 is 2.53 bits per heavy atom. The molecule has 3 fully saturated rings. The van der Waals surface area contributed by atoms with Gasteiger partial charge in [-0.2, -0.15) is 0 Å². The van der Waals surface area contributed by atoms with Crippen molar-refractivity contribution in [2.45, 2.75) is 90.6 Å². The molecule has 10 nitrogen and oxygen atoms in total. The van der Waals surface area contributed by atoms with E-state index in [1.807, 2.05) is 32.6 Å². The molecule has 4 heterocycles. The number of hydrogen-bond acceptors (Lipinski definition) is 8. The van der Waals surface area contributed by atoms with Gasteiger partial charge in [0.05, 0.1) is 18.3 Å². The van der Waals surface area contributed by atoms with E-state index >= 15 is 0 Å². The lowest BCUT2D eigenvalue weighted by molar-refractivity contribution is -0.133. The summed E-state index contributed by atoms with van der Waals surface area (Å²) >= 11 is 0. The van der Waals surface area contributed by atoms with Gasteiger partial charge in [-0.05, 0) is 57.8 Å². The maximum Gasteiger partial charge on any atom is 0.234 e. The normalized spacial score (nSPS) is 22.0. The maximum absolute atomic E-state index is 13.0. The lowest BCUT2D eigenvalue weighted by atomic mass is 9.76. The molecule has 5 rings (SSSR count). The van der Waals surface area contributed by atoms with Crippen molar-refractivity contribution in [3.8, 4) is 0 Å². The lowest BCUT2D eigenvalue weighted by Gasteiger charge is -2.39. The third kappa shape index (κ3) is 5.33. The first-order valence-electron chi connectivity index (χ1n) is 13.3. The molecule has 1 aliphatic carbocycles. The fraction of sp³-hybridized carbons (Fsp3) is 0.731. The molecule has 1 saturated carbocycles. The first-order chi connectivity index (χ1) is 17.2. The van der Waals surface area contributed by atoms with E-state index in [9.17, 15) is 9.59 Å². The number of rotatable bonds is 8. The van der Waals surface area contributed by atoms with Gasteiger partial charge >= 0.3 is 0 Å². The van der Waals surface area contributed by atoms with E-state index in [1.54, 1.807) is 0 Å². The van der Waals surface area contributed by atoms with E-state index in [4.69, 9.17) is 8.94 Å². The summed E-state index contributed by atoms with van der Waals surface area (Å²) in [5.74, 6) is 2.43. The zero-order valence-electron chi connectivity index (χ0n) is 21.9. The molecule has 3 aliphatic rings. The first kappa shape index (κ1) is 24.9. The van der Waals surface area contributed by atoms with Gasteiger partial charge in [0.2, 0.25) is 23.6 Å². The molecular formula is C26H38N6O4. The van der Waals surface area contributed by atoms with Crippen molar-refractivity contribution in [3.05, 3.63) is 28.8 Å². The number of nitrogens with one attached hydrogen (secondary N) is 1. The second kappa shape index (κ2) is 9.95. The second-order valence-electron chi connectivity index (χ2n) is 11.3. The van der Waals surface area contributed by atoms with E-state index < -0.39 is 0 Å². The lowest BCUT2D eigenvalue weighted by Crippen LogP contribution is -2.45. The summed E-state index contributed by atoms with van der Waals surface area (Å²) < 4.78 is 11.3. The quantitative estimate of drug-likeness (QED) is 0.590. The Morgan fingerprint density at radius 1 is 1.17 bits per heavy atom. The Labute approximate surface area is 212 Å². The van der Waals surface area contributed by atoms with Crippen molar-refractivity contribution < 1.29 is 18.5 Å². The highest BCUT2D eigenvalue weighted by Gasteiger charge is 2.48. The average molecular weight is 499 g/mol. The predicted molar refractivity (Wildman–Crippen MR) is 131 cm³/mol. The van der Waals surface area contributed by atoms with Crippen LogP contribution in [0.5, 0.6) is 0 Å². The fourth-order valence-electron chi connectivity index (χ4n) is 5.70. The van der Waals surface area contributed by atoms with Crippen LogP contribution in [0.25, 0.3) is 0 Å². The van der Waals surface area contributed by atoms with Crippen LogP contribution >= 0.6 is 0 Å². The van der Waals surface area contributed by atoms with Crippen LogP contribution in [0.15, 0.2) is 8.94 Å². The maximum atomic E-state index is 13.0. The number of amides is 2. The van der Waals surface area contributed by atoms with Crippen LogP contribution in [0.3, 0.4) is 0 Å². The summed E-state index contributed by atoms with van der Waals surface area (Å²) in [6.45, 7) is 10.5. The predicted octanol–water partition coefficient (Wildman–Crippen LogP) is 3.06. The smallest absolute Gasteiger partial charge is 0.234 e. The van der Waals surface area contributed by atoms with Crippen molar-refractivity contribution in [3.63, 3.8) is 0 Å². The molecule has 1 spiro atoms. The molecule has 2 aromatic heterocycles. The summed E-state index contributed by atoms with van der Waals surface area (Å²) in [7, 11) is 0. The monoisotopic (exact) mass is 498 g/mol. The van der Waals surface area contributed by atoms with Crippen LogP contribution in [0.1, 0.15) is 93.1 Å². The van der Waals surface area contributed by atoms with Crippen LogP contribution < -0.4 is 5.32 Å². The molecule has 0 aromatic carbocycles. The number of hydrogen-bond donors (Lipinski definition) is 1. The number of likely N-dealkylation sites (tertiary alicyclic amines) is 2. The van der Waals surface area contributed by atoms with E-state index in [0.29, 0.717) is 37.2 Å². The molecule has 196 valence electrons. The number of carbonyl (C=O) groups is 2. The van der Waals surface area contributed by atoms with Gasteiger partial charge < -0.3 is 19.2 Å². The molecule has 2 aliphatic heterocycles. The minimum atomic E-state index is -0.0725. The summed E-state index contributed by atoms with van der Waals surface area (Å²) in [4.78, 5) is 29.9. The van der Waals surface area contributed by atoms with Crippen molar-refractivity contribution in [2.24, 2.45) is 5.41 Å². The Kier molecular flexibility index (Phi) is 6.89. The molecule has 2 amide bonds. The highest BCUT2D eigenvalue weighted by molar-refractivity contribution is 5.79. The van der Waals surface area contributed by atoms with Gasteiger partial charge in [0.1, 0.15) is 5.76 Å². The Hall–Kier alpha value is -2.75. The highest BCUT2D eigenvalue weighted by Crippen LogP contribution is 2.48. The van der Waals surface area contributed by atoms with Gasteiger partial charge in [-0.15, -0.1) is 10.2 Å². The molecule has 36 heavy (non-hydrogen) atoms. The number of aromatic nitrogens is 3. The third-order valence-electron chi connectivity index (χ3n) is 8.08. The van der Waals surface area contributed by atoms with Crippen LogP contribution in [-0.4, -0.2) is 69.2 Å². The highest BCUT2D eigenvalue weighted by atomic mass is 16.5. The number of aryl methyl sites for hydroxylation is 2. The Balaban J connectivity index is 1.22. The zero-order chi connectivity index (χ0) is 25.4. The topological polar surface area (TPSA) is 118 Å². The third-order valence-corrected chi connectivity index (χ3v) is 8.08. The minimum Gasteiger partial charge on any atom is -0.423 e. The van der Waals surface area contributed by atoms with Crippen molar-refractivity contribution >= 4 is 11.8 Å². The largest absolute Gasteiger partial charge is 0.423 e. The summed E-state index contributed by atoms with van der Waals surface area (Å²) in [6, 6.07) is 0.264. The average Bonchev–Trinajstić information content (AvgIpc) is 3.24. The minimum absolute atomic E-state index is 0.0371. The van der Waals surface area contributed by atoms with Crippen LogP contribution in [-0.2, 0) is 16.0 Å². The van der Waals surface area contributed by atoms with Gasteiger partial charge in [-0.1, -0.05) is 19.0 Å². The van der Waals surface area contributed by atoms with E-state index in [1.165, 1.54) is 0 Å². The van der Waals surface area contributed by atoms with E-state index in [0.717, 1.165) is 68.8 Å². The van der Waals surface area contributed by atoms with Crippen molar-refractivity contribution in [1.29, 1.82) is 0 Å². The van der Waals surface area contributed by atoms with Gasteiger partial charge in [-0.25, -0.2) is 0 Å². The second-order valence-corrected chi connectivity index (χ2v) is 11.3. The molecule has 1 N–H and O–H groups in total. The Bertz CT molecular complexity index is 1080. The van der Waals surface area contributed by atoms with Gasteiger partial charge in [0, 0.05) is 43.6 Å². The van der Waals surface area contributed by atoms with Crippen LogP contribution in [0, 0.1) is 19.3 Å². The standard InChI is InChI=1S/C26H38N6O4/c1-16(2)24-28-29-25(35-24)21-13-26(15-32(21)14-22(33)27-19-5-6-19)9-11-31(12-10-26)23(34)8-7-20-17(3)30-36-18(20)4/h16,19,21H,5-15H2,1-4H3,(H,27,33). The number of piperidine rings is 1. The summed E-state index contributed by atoms with van der Waals surface area (Å²) in [6.07, 6.45) is 5.94. The molecule has 2 saturated heterocycles. The molecule has 2 aromatic rings. The van der Waals surface area contributed by atoms with Gasteiger partial charge in [-0.3, -0.25) is 14.5 Å². The molecular weight excluding hydrogens is 460 g/mol. The van der Waals surface area contributed by atoms with E-state index in [2.05, 4.69) is 25.6 Å². The summed E-state index contributed by atoms with van der Waals surface area (Å²) in [5, 5.41) is 15.7. The molecule has 1 atom stereocenters. The summed E-state index contributed by atoms with van der Waals surface area (Å²) in [5.41, 5.74) is 1.94. The van der Waals surface area contributed by atoms with Gasteiger partial charge in [0.25, 0.3) is 0 Å². The molecule has 0 radical (unpaired) electrons. The molecule has 10 heteroatoms. The Morgan fingerprint density at radius 2 is 1.92 bits per heavy atom. The van der Waals surface area contributed by atoms with Gasteiger partial charge in [0.15, 0.2) is 0 Å². The van der Waals surface area contributed by atoms with Crippen molar-refractivity contribution in [2.75, 3.05) is 26.2 Å². The number of carbonyl (C=O) groups excluding carboxylic acids is 2. The number of nitrogens with zero attached hydrogens (tertiary/aromatic N) is 5. The first-order valence-corrected chi connectivity index (χ1v) is 13.3. The van der Waals surface area contributed by atoms with Crippen molar-refractivity contribution in [1.82, 2.24) is 30.5 Å². The molecule has 1 unspecified atom stereocenters. The SMILES string of the molecule is Cc1noc(C)c1CCC(=O)N1CCC2(CC1)CC(c1nnc(C(C)C)o1)N(CC(=O)NC1CC1)C2. The van der Waals surface area contributed by atoms with Crippen LogP contribution in [0.4, 0.5) is 0 Å². The zero-order valence-corrected chi connectivity index (χ0v) is 21.9. The molecule has 0 bridgehead atoms. The fourth-order valence-corrected chi connectivity index (χ4v) is 5.70.